The molecule has 7 heteroatoms. The van der Waals surface area contributed by atoms with E-state index in [2.05, 4.69) is 46.2 Å². The van der Waals surface area contributed by atoms with E-state index in [1.807, 2.05) is 23.1 Å². The zero-order valence-electron chi connectivity index (χ0n) is 20.3. The Morgan fingerprint density at radius 2 is 1.56 bits per heavy atom. The molecule has 0 spiro atoms. The summed E-state index contributed by atoms with van der Waals surface area (Å²) >= 11 is 0. The first kappa shape index (κ1) is 26.5. The monoisotopic (exact) mass is 486 g/mol. The van der Waals surface area contributed by atoms with Gasteiger partial charge in [-0.25, -0.2) is 0 Å². The first-order valence-electron chi connectivity index (χ1n) is 12.2. The molecule has 2 aromatic carbocycles. The Balaban J connectivity index is 0.00000324. The summed E-state index contributed by atoms with van der Waals surface area (Å²) in [5.74, 6) is 1.18. The van der Waals surface area contributed by atoms with Crippen LogP contribution in [0.15, 0.2) is 54.6 Å². The Labute approximate surface area is 210 Å². The molecule has 0 aromatic heterocycles. The number of ether oxygens (including phenoxy) is 1. The van der Waals surface area contributed by atoms with Gasteiger partial charge in [-0.05, 0) is 37.3 Å². The van der Waals surface area contributed by atoms with Crippen molar-refractivity contribution in [3.63, 3.8) is 0 Å². The number of aryl methyl sites for hydroxylation is 1. The van der Waals surface area contributed by atoms with Crippen LogP contribution in [0.5, 0.6) is 5.75 Å². The largest absolute Gasteiger partial charge is 0.496 e. The lowest BCUT2D eigenvalue weighted by Crippen LogP contribution is -2.54. The number of benzene rings is 2. The molecule has 2 fully saturated rings. The fourth-order valence-corrected chi connectivity index (χ4v) is 4.97. The van der Waals surface area contributed by atoms with Crippen LogP contribution in [0.4, 0.5) is 0 Å². The third-order valence-electron chi connectivity index (χ3n) is 7.28. The highest BCUT2D eigenvalue weighted by Gasteiger charge is 2.32. The Morgan fingerprint density at radius 3 is 2.24 bits per heavy atom. The van der Waals surface area contributed by atoms with Crippen LogP contribution in [0, 0.1) is 0 Å². The van der Waals surface area contributed by atoms with Crippen molar-refractivity contribution in [2.45, 2.75) is 37.8 Å². The number of carbonyl (C=O) groups is 1. The molecular weight excluding hydrogens is 448 g/mol. The number of piperazine rings is 1. The van der Waals surface area contributed by atoms with Crippen molar-refractivity contribution in [2.75, 3.05) is 52.9 Å². The molecule has 0 saturated carbocycles. The number of nitrogens with two attached hydrogens (primary N) is 1. The second-order valence-corrected chi connectivity index (χ2v) is 9.59. The first-order chi connectivity index (χ1) is 16.0. The molecule has 2 aliphatic heterocycles. The average Bonchev–Trinajstić information content (AvgIpc) is 2.86. The number of likely N-dealkylation sites (tertiary alicyclic amines) is 1. The molecule has 2 saturated heterocycles. The Bertz CT molecular complexity index is 895. The maximum absolute atomic E-state index is 12.9. The zero-order chi connectivity index (χ0) is 23.1. The maximum atomic E-state index is 12.9. The minimum Gasteiger partial charge on any atom is -0.496 e. The lowest BCUT2D eigenvalue weighted by molar-refractivity contribution is -0.134. The topological polar surface area (TPSA) is 62.0 Å². The molecule has 6 nitrogen and oxygen atoms in total. The van der Waals surface area contributed by atoms with Gasteiger partial charge in [-0.2, -0.15) is 0 Å². The van der Waals surface area contributed by atoms with Crippen molar-refractivity contribution >= 4 is 18.3 Å². The van der Waals surface area contributed by atoms with E-state index in [9.17, 15) is 4.79 Å². The van der Waals surface area contributed by atoms with Gasteiger partial charge in [-0.1, -0.05) is 48.5 Å². The quantitative estimate of drug-likeness (QED) is 0.621. The number of rotatable bonds is 8. The molecule has 186 valence electrons. The van der Waals surface area contributed by atoms with Crippen LogP contribution in [-0.2, 0) is 17.8 Å². The van der Waals surface area contributed by atoms with Gasteiger partial charge in [0.15, 0.2) is 0 Å². The second-order valence-electron chi connectivity index (χ2n) is 9.59. The Morgan fingerprint density at radius 1 is 0.912 bits per heavy atom. The molecule has 0 unspecified atom stereocenters. The van der Waals surface area contributed by atoms with Gasteiger partial charge in [0.25, 0.3) is 0 Å². The average molecular weight is 487 g/mol. The van der Waals surface area contributed by atoms with Gasteiger partial charge < -0.3 is 15.4 Å². The number of halogens is 1. The Hall–Kier alpha value is -2.12. The van der Waals surface area contributed by atoms with Crippen LogP contribution in [-0.4, -0.2) is 79.1 Å². The predicted octanol–water partition coefficient (Wildman–Crippen LogP) is 3.19. The minimum absolute atomic E-state index is 0. The molecule has 2 aliphatic rings. The summed E-state index contributed by atoms with van der Waals surface area (Å²) in [6.07, 6.45) is 3.95. The summed E-state index contributed by atoms with van der Waals surface area (Å²) in [5.41, 5.74) is 9.15. The van der Waals surface area contributed by atoms with Crippen molar-refractivity contribution in [1.82, 2.24) is 14.7 Å². The van der Waals surface area contributed by atoms with Crippen molar-refractivity contribution in [2.24, 2.45) is 5.73 Å². The lowest BCUT2D eigenvalue weighted by Gasteiger charge is -2.40. The Kier molecular flexibility index (Phi) is 9.77. The van der Waals surface area contributed by atoms with Crippen molar-refractivity contribution in [3.8, 4) is 5.75 Å². The lowest BCUT2D eigenvalue weighted by atomic mass is 9.83. The maximum Gasteiger partial charge on any atom is 0.236 e. The van der Waals surface area contributed by atoms with Gasteiger partial charge in [0, 0.05) is 56.9 Å². The van der Waals surface area contributed by atoms with Gasteiger partial charge in [0.05, 0.1) is 13.7 Å². The van der Waals surface area contributed by atoms with Gasteiger partial charge in [-0.15, -0.1) is 12.4 Å². The third kappa shape index (κ3) is 7.19. The number of piperidine rings is 1. The molecular formula is C27H39ClN4O2. The highest BCUT2D eigenvalue weighted by molar-refractivity contribution is 5.85. The van der Waals surface area contributed by atoms with Crippen LogP contribution in [0.2, 0.25) is 0 Å². The summed E-state index contributed by atoms with van der Waals surface area (Å²) in [5, 5.41) is 0. The number of para-hydroxylation sites is 1. The van der Waals surface area contributed by atoms with E-state index in [1.54, 1.807) is 7.11 Å². The fourth-order valence-electron chi connectivity index (χ4n) is 4.97. The summed E-state index contributed by atoms with van der Waals surface area (Å²) in [7, 11) is 1.72. The molecule has 0 aliphatic carbocycles. The van der Waals surface area contributed by atoms with Crippen LogP contribution < -0.4 is 10.5 Å². The molecule has 0 radical (unpaired) electrons. The first-order valence-corrected chi connectivity index (χ1v) is 12.2. The molecule has 34 heavy (non-hydrogen) atoms. The predicted molar refractivity (Wildman–Crippen MR) is 139 cm³/mol. The van der Waals surface area contributed by atoms with E-state index in [4.69, 9.17) is 10.5 Å². The number of nitrogens with zero attached hydrogens (tertiary/aromatic N) is 3. The third-order valence-corrected chi connectivity index (χ3v) is 7.28. The van der Waals surface area contributed by atoms with E-state index >= 15 is 0 Å². The number of methoxy groups -OCH3 is 1. The fraction of sp³-hybridized carbons (Fsp3) is 0.519. The van der Waals surface area contributed by atoms with Gasteiger partial charge in [-0.3, -0.25) is 14.6 Å². The summed E-state index contributed by atoms with van der Waals surface area (Å²) < 4.78 is 5.48. The number of amides is 1. The van der Waals surface area contributed by atoms with Crippen molar-refractivity contribution < 1.29 is 9.53 Å². The molecule has 0 bridgehead atoms. The zero-order valence-corrected chi connectivity index (χ0v) is 21.1. The molecule has 0 atom stereocenters. The second kappa shape index (κ2) is 12.5. The summed E-state index contributed by atoms with van der Waals surface area (Å²) in [6, 6.07) is 18.7. The van der Waals surface area contributed by atoms with Crippen LogP contribution in [0.25, 0.3) is 0 Å². The van der Waals surface area contributed by atoms with Crippen LogP contribution in [0.3, 0.4) is 0 Å². The van der Waals surface area contributed by atoms with Gasteiger partial charge in [0.2, 0.25) is 5.91 Å². The van der Waals surface area contributed by atoms with E-state index in [0.717, 1.165) is 77.2 Å². The smallest absolute Gasteiger partial charge is 0.236 e. The highest BCUT2D eigenvalue weighted by atomic mass is 35.5. The molecule has 4 rings (SSSR count). The van der Waals surface area contributed by atoms with Crippen molar-refractivity contribution in [3.05, 3.63) is 65.7 Å². The summed E-state index contributed by atoms with van der Waals surface area (Å²) in [6.45, 7) is 6.57. The standard InChI is InChI=1S/C27H38N4O2.ClH/c1-33-25-10-6-5-9-24(25)21-30-17-19-31(20-18-30)26(32)22-29-15-13-27(28,14-16-29)12-11-23-7-3-2-4-8-23;/h2-10H,11-22,28H2,1H3;1H. The van der Waals surface area contributed by atoms with Crippen LogP contribution in [0.1, 0.15) is 30.4 Å². The molecule has 2 aromatic rings. The molecule has 2 heterocycles. The van der Waals surface area contributed by atoms with E-state index in [-0.39, 0.29) is 23.9 Å². The van der Waals surface area contributed by atoms with Crippen LogP contribution >= 0.6 is 12.4 Å². The molecule has 1 amide bonds. The number of hydrogen-bond acceptors (Lipinski definition) is 5. The van der Waals surface area contributed by atoms with Crippen molar-refractivity contribution in [1.29, 1.82) is 0 Å². The summed E-state index contributed by atoms with van der Waals surface area (Å²) in [4.78, 5) is 19.6. The molecule has 2 N–H and O–H groups in total. The SMILES string of the molecule is COc1ccccc1CN1CCN(C(=O)CN2CCC(N)(CCc3ccccc3)CC2)CC1.Cl. The van der Waals surface area contributed by atoms with E-state index in [0.29, 0.717) is 6.54 Å². The highest BCUT2D eigenvalue weighted by Crippen LogP contribution is 2.25. The normalized spacial score (nSPS) is 18.8. The number of hydrogen-bond donors (Lipinski definition) is 1. The van der Waals surface area contributed by atoms with Gasteiger partial charge in [0.1, 0.15) is 5.75 Å². The van der Waals surface area contributed by atoms with E-state index < -0.39 is 0 Å². The number of carbonyl (C=O) groups excluding carboxylic acids is 1. The minimum atomic E-state index is -0.112. The van der Waals surface area contributed by atoms with Gasteiger partial charge >= 0.3 is 0 Å². The van der Waals surface area contributed by atoms with E-state index in [1.165, 1.54) is 11.1 Å².